The molecule has 0 aromatic heterocycles. The minimum Gasteiger partial charge on any atom is -0.356 e. The Morgan fingerprint density at radius 1 is 1.46 bits per heavy atom. The fourth-order valence-electron chi connectivity index (χ4n) is 0.706. The Morgan fingerprint density at radius 3 is 2.54 bits per heavy atom. The minimum atomic E-state index is -4.41. The predicted molar refractivity (Wildman–Crippen MR) is 43.1 cm³/mol. The van der Waals surface area contributed by atoms with Crippen LogP contribution in [0.25, 0.3) is 0 Å². The van der Waals surface area contributed by atoms with Gasteiger partial charge in [0.05, 0.1) is 0 Å². The topological polar surface area (TPSA) is 29.1 Å². The predicted octanol–water partition coefficient (Wildman–Crippen LogP) is 2.02. The van der Waals surface area contributed by atoms with E-state index in [1.54, 1.807) is 19.1 Å². The van der Waals surface area contributed by atoms with Gasteiger partial charge in [0, 0.05) is 6.54 Å². The molecule has 0 rings (SSSR count). The van der Waals surface area contributed by atoms with Gasteiger partial charge < -0.3 is 5.32 Å². The van der Waals surface area contributed by atoms with Crippen LogP contribution in [0.5, 0.6) is 0 Å². The van der Waals surface area contributed by atoms with E-state index in [9.17, 15) is 18.0 Å². The molecule has 5 heteroatoms. The van der Waals surface area contributed by atoms with Crippen molar-refractivity contribution < 1.29 is 18.0 Å². The van der Waals surface area contributed by atoms with Crippen molar-refractivity contribution in [2.75, 3.05) is 6.54 Å². The first-order valence-electron chi connectivity index (χ1n) is 3.90. The molecule has 0 unspecified atom stereocenters. The number of amides is 1. The van der Waals surface area contributed by atoms with Crippen molar-refractivity contribution in [2.45, 2.75) is 25.9 Å². The molecule has 0 saturated carbocycles. The number of rotatable bonds is 4. The number of hydrogen-bond donors (Lipinski definition) is 1. The maximum atomic E-state index is 11.6. The van der Waals surface area contributed by atoms with Crippen molar-refractivity contribution >= 4 is 5.91 Å². The molecule has 0 bridgehead atoms. The molecular formula is C8H12F3NO. The zero-order chi connectivity index (χ0) is 10.3. The first kappa shape index (κ1) is 12.0. The van der Waals surface area contributed by atoms with Crippen LogP contribution < -0.4 is 5.32 Å². The SMILES string of the molecule is C/C=C/CCNC(=O)CC(F)(F)F. The van der Waals surface area contributed by atoms with Crippen molar-refractivity contribution in [2.24, 2.45) is 0 Å². The van der Waals surface area contributed by atoms with Gasteiger partial charge in [-0.3, -0.25) is 4.79 Å². The molecule has 1 amide bonds. The monoisotopic (exact) mass is 195 g/mol. The lowest BCUT2D eigenvalue weighted by atomic mass is 10.3. The number of halogens is 3. The molecule has 0 aliphatic rings. The molecule has 13 heavy (non-hydrogen) atoms. The van der Waals surface area contributed by atoms with Crippen LogP contribution in [0.3, 0.4) is 0 Å². The van der Waals surface area contributed by atoms with Gasteiger partial charge in [0.15, 0.2) is 0 Å². The van der Waals surface area contributed by atoms with Gasteiger partial charge in [0.1, 0.15) is 6.42 Å². The number of allylic oxidation sites excluding steroid dienone is 1. The van der Waals surface area contributed by atoms with Gasteiger partial charge in [-0.2, -0.15) is 13.2 Å². The summed E-state index contributed by atoms with van der Waals surface area (Å²) in [5, 5.41) is 2.16. The van der Waals surface area contributed by atoms with Crippen molar-refractivity contribution in [3.8, 4) is 0 Å². The Balaban J connectivity index is 3.52. The van der Waals surface area contributed by atoms with Gasteiger partial charge in [0.2, 0.25) is 5.91 Å². The summed E-state index contributed by atoms with van der Waals surface area (Å²) in [6.45, 7) is 2.05. The number of hydrogen-bond acceptors (Lipinski definition) is 1. The van der Waals surface area contributed by atoms with E-state index in [-0.39, 0.29) is 6.54 Å². The molecule has 0 saturated heterocycles. The Labute approximate surface area is 74.8 Å². The molecule has 1 N–H and O–H groups in total. The summed E-state index contributed by atoms with van der Waals surface area (Å²) in [5.41, 5.74) is 0. The molecule has 0 aromatic rings. The fraction of sp³-hybridized carbons (Fsp3) is 0.625. The Hall–Kier alpha value is -1.00. The molecule has 76 valence electrons. The van der Waals surface area contributed by atoms with Crippen LogP contribution in [-0.2, 0) is 4.79 Å². The van der Waals surface area contributed by atoms with Crippen LogP contribution >= 0.6 is 0 Å². The maximum absolute atomic E-state index is 11.6. The number of carbonyl (C=O) groups excluding carboxylic acids is 1. The van der Waals surface area contributed by atoms with Crippen molar-refractivity contribution in [3.63, 3.8) is 0 Å². The number of nitrogens with one attached hydrogen (secondary N) is 1. The molecule has 0 heterocycles. The largest absolute Gasteiger partial charge is 0.397 e. The van der Waals surface area contributed by atoms with Crippen molar-refractivity contribution in [1.29, 1.82) is 0 Å². The van der Waals surface area contributed by atoms with E-state index in [1.165, 1.54) is 0 Å². The van der Waals surface area contributed by atoms with E-state index in [1.807, 2.05) is 0 Å². The quantitative estimate of drug-likeness (QED) is 0.539. The highest BCUT2D eigenvalue weighted by molar-refractivity contribution is 5.76. The van der Waals surface area contributed by atoms with Crippen LogP contribution in [0.2, 0.25) is 0 Å². The van der Waals surface area contributed by atoms with E-state index in [0.29, 0.717) is 6.42 Å². The average Bonchev–Trinajstić information content (AvgIpc) is 1.94. The van der Waals surface area contributed by atoms with Crippen LogP contribution in [-0.4, -0.2) is 18.6 Å². The summed E-state index contributed by atoms with van der Waals surface area (Å²) in [6, 6.07) is 0. The number of alkyl halides is 3. The minimum absolute atomic E-state index is 0.249. The molecule has 0 radical (unpaired) electrons. The van der Waals surface area contributed by atoms with Crippen LogP contribution in [0.1, 0.15) is 19.8 Å². The van der Waals surface area contributed by atoms with Gasteiger partial charge in [-0.25, -0.2) is 0 Å². The Morgan fingerprint density at radius 2 is 2.08 bits per heavy atom. The lowest BCUT2D eigenvalue weighted by Gasteiger charge is -2.06. The Bertz CT molecular complexity index is 186. The molecule has 0 atom stereocenters. The van der Waals surface area contributed by atoms with Gasteiger partial charge in [-0.15, -0.1) is 0 Å². The second kappa shape index (κ2) is 5.61. The second-order valence-corrected chi connectivity index (χ2v) is 2.50. The molecule has 2 nitrogen and oxygen atoms in total. The van der Waals surface area contributed by atoms with Crippen LogP contribution in [0, 0.1) is 0 Å². The highest BCUT2D eigenvalue weighted by Gasteiger charge is 2.30. The normalized spacial score (nSPS) is 12.0. The third-order valence-electron chi connectivity index (χ3n) is 1.23. The Kier molecular flexibility index (Phi) is 5.18. The van der Waals surface area contributed by atoms with E-state index < -0.39 is 18.5 Å². The van der Waals surface area contributed by atoms with E-state index >= 15 is 0 Å². The highest BCUT2D eigenvalue weighted by Crippen LogP contribution is 2.18. The smallest absolute Gasteiger partial charge is 0.356 e. The van der Waals surface area contributed by atoms with Crippen molar-refractivity contribution in [3.05, 3.63) is 12.2 Å². The molecule has 0 aliphatic carbocycles. The molecule has 0 spiro atoms. The van der Waals surface area contributed by atoms with E-state index in [0.717, 1.165) is 0 Å². The molecule has 0 aromatic carbocycles. The van der Waals surface area contributed by atoms with E-state index in [2.05, 4.69) is 5.32 Å². The summed E-state index contributed by atoms with van der Waals surface area (Å²) >= 11 is 0. The average molecular weight is 195 g/mol. The van der Waals surface area contributed by atoms with Gasteiger partial charge in [-0.1, -0.05) is 12.2 Å². The summed E-state index contributed by atoms with van der Waals surface area (Å²) in [4.78, 5) is 10.6. The van der Waals surface area contributed by atoms with Gasteiger partial charge in [0.25, 0.3) is 0 Å². The third-order valence-corrected chi connectivity index (χ3v) is 1.23. The fourth-order valence-corrected chi connectivity index (χ4v) is 0.706. The van der Waals surface area contributed by atoms with Crippen molar-refractivity contribution in [1.82, 2.24) is 5.32 Å². The summed E-state index contributed by atoms with van der Waals surface area (Å²) in [7, 11) is 0. The molecule has 0 fully saturated rings. The van der Waals surface area contributed by atoms with Crippen LogP contribution in [0.4, 0.5) is 13.2 Å². The van der Waals surface area contributed by atoms with Crippen LogP contribution in [0.15, 0.2) is 12.2 Å². The zero-order valence-electron chi connectivity index (χ0n) is 7.32. The third kappa shape index (κ3) is 8.91. The van der Waals surface area contributed by atoms with Gasteiger partial charge >= 0.3 is 6.18 Å². The van der Waals surface area contributed by atoms with E-state index in [4.69, 9.17) is 0 Å². The molecule has 0 aliphatic heterocycles. The number of carbonyl (C=O) groups is 1. The summed E-state index contributed by atoms with van der Waals surface area (Å²) in [6.07, 6.45) is -1.71. The summed E-state index contributed by atoms with van der Waals surface area (Å²) < 4.78 is 34.8. The second-order valence-electron chi connectivity index (χ2n) is 2.50. The first-order chi connectivity index (χ1) is 5.95. The first-order valence-corrected chi connectivity index (χ1v) is 3.90. The zero-order valence-corrected chi connectivity index (χ0v) is 7.32. The van der Waals surface area contributed by atoms with Gasteiger partial charge in [-0.05, 0) is 13.3 Å². The molecular weight excluding hydrogens is 183 g/mol. The summed E-state index contributed by atoms with van der Waals surface area (Å²) in [5.74, 6) is -0.975. The standard InChI is InChI=1S/C8H12F3NO/c1-2-3-4-5-12-7(13)6-8(9,10)11/h2-3H,4-6H2,1H3,(H,12,13)/b3-2+. The lowest BCUT2D eigenvalue weighted by molar-refractivity contribution is -0.153. The maximum Gasteiger partial charge on any atom is 0.397 e. The highest BCUT2D eigenvalue weighted by atomic mass is 19.4. The lowest BCUT2D eigenvalue weighted by Crippen LogP contribution is -2.29.